The summed E-state index contributed by atoms with van der Waals surface area (Å²) >= 11 is 0. The fourth-order valence-corrected chi connectivity index (χ4v) is 9.35. The van der Waals surface area contributed by atoms with Crippen LogP contribution in [0, 0.1) is 0 Å². The van der Waals surface area contributed by atoms with Gasteiger partial charge in [0.25, 0.3) is 0 Å². The average Bonchev–Trinajstić information content (AvgIpc) is 3.28. The molecule has 0 radical (unpaired) electrons. The highest BCUT2D eigenvalue weighted by Crippen LogP contribution is 2.19. The third-order valence-corrected chi connectivity index (χ3v) is 13.8. The van der Waals surface area contributed by atoms with Crippen molar-refractivity contribution in [3.8, 4) is 0 Å². The third-order valence-electron chi connectivity index (χ3n) is 13.8. The predicted molar refractivity (Wildman–Crippen MR) is 270 cm³/mol. The Hall–Kier alpha value is -0.690. The minimum Gasteiger partial charge on any atom is -0.394 e. The van der Waals surface area contributed by atoms with Crippen LogP contribution >= 0.6 is 0 Å². The lowest BCUT2D eigenvalue weighted by Crippen LogP contribution is -2.53. The van der Waals surface area contributed by atoms with Crippen molar-refractivity contribution in [1.29, 1.82) is 0 Å². The van der Waals surface area contributed by atoms with Crippen LogP contribution in [0.15, 0.2) is 0 Å². The second-order valence-electron chi connectivity index (χ2n) is 20.0. The number of carbonyl (C=O) groups is 1. The van der Waals surface area contributed by atoms with Crippen molar-refractivity contribution in [2.24, 2.45) is 0 Å². The number of nitrogens with one attached hydrogen (secondary N) is 1. The summed E-state index contributed by atoms with van der Waals surface area (Å²) in [5.74, 6) is -0.576. The summed E-state index contributed by atoms with van der Waals surface area (Å²) in [4.78, 5) is 12.6. The van der Waals surface area contributed by atoms with Gasteiger partial charge in [-0.3, -0.25) is 4.79 Å². The van der Waals surface area contributed by atoms with Gasteiger partial charge in [0.05, 0.1) is 18.8 Å². The van der Waals surface area contributed by atoms with Gasteiger partial charge in [0.2, 0.25) is 5.91 Å². The predicted octanol–water partition coefficient (Wildman–Crippen LogP) is 16.3. The maximum Gasteiger partial charge on any atom is 0.249 e. The van der Waals surface area contributed by atoms with Crippen LogP contribution in [0.4, 0.5) is 0 Å². The second kappa shape index (κ2) is 51.3. The largest absolute Gasteiger partial charge is 0.394 e. The maximum absolute atomic E-state index is 12.6. The maximum atomic E-state index is 12.6. The number of rotatable bonds is 53. The molecule has 0 aliphatic heterocycles. The molecule has 0 aromatic carbocycles. The number of hydrogen-bond donors (Lipinski definition) is 5. The molecule has 0 rings (SSSR count). The van der Waals surface area contributed by atoms with Crippen molar-refractivity contribution in [3.05, 3.63) is 0 Å². The molecule has 372 valence electrons. The van der Waals surface area contributed by atoms with Crippen molar-refractivity contribution >= 4 is 5.91 Å². The molecule has 0 bridgehead atoms. The van der Waals surface area contributed by atoms with E-state index >= 15 is 0 Å². The van der Waals surface area contributed by atoms with Crippen molar-refractivity contribution in [2.45, 2.75) is 346 Å². The first kappa shape index (κ1) is 61.3. The van der Waals surface area contributed by atoms with E-state index in [1.54, 1.807) is 0 Å². The Bertz CT molecular complexity index is 856. The number of unbranched alkanes of at least 4 members (excludes halogenated alkanes) is 44. The fraction of sp³-hybridized carbons (Fsp3) is 0.982. The molecule has 0 saturated heterocycles. The van der Waals surface area contributed by atoms with E-state index < -0.39 is 36.9 Å². The van der Waals surface area contributed by atoms with Crippen LogP contribution in [-0.4, -0.2) is 57.3 Å². The lowest BCUT2D eigenvalue weighted by molar-refractivity contribution is -0.132. The summed E-state index contributed by atoms with van der Waals surface area (Å²) < 4.78 is 0. The highest BCUT2D eigenvalue weighted by molar-refractivity contribution is 5.80. The zero-order valence-corrected chi connectivity index (χ0v) is 42.2. The molecule has 0 saturated carbocycles. The number of amides is 1. The van der Waals surface area contributed by atoms with E-state index in [0.717, 1.165) is 38.5 Å². The molecule has 0 fully saturated rings. The lowest BCUT2D eigenvalue weighted by Gasteiger charge is -2.27. The zero-order valence-electron chi connectivity index (χ0n) is 42.2. The van der Waals surface area contributed by atoms with Crippen LogP contribution in [0.1, 0.15) is 322 Å². The monoisotopic (exact) mass is 880 g/mol. The van der Waals surface area contributed by atoms with E-state index in [1.165, 1.54) is 257 Å². The van der Waals surface area contributed by atoms with Gasteiger partial charge in [-0.15, -0.1) is 0 Å². The summed E-state index contributed by atoms with van der Waals surface area (Å²) in [6.45, 7) is 4.10. The molecule has 0 spiro atoms. The molecule has 1 amide bonds. The number of aliphatic hydroxyl groups excluding tert-OH is 4. The van der Waals surface area contributed by atoms with Crippen LogP contribution in [0.5, 0.6) is 0 Å². The lowest BCUT2D eigenvalue weighted by atomic mass is 9.99. The molecular weight excluding hydrogens is 767 g/mol. The van der Waals surface area contributed by atoms with Crippen LogP contribution < -0.4 is 5.32 Å². The van der Waals surface area contributed by atoms with Crippen LogP contribution in [-0.2, 0) is 4.79 Å². The quantitative estimate of drug-likeness (QED) is 0.0391. The van der Waals surface area contributed by atoms with Crippen molar-refractivity contribution in [1.82, 2.24) is 5.32 Å². The van der Waals surface area contributed by atoms with Gasteiger partial charge in [-0.25, -0.2) is 0 Å². The Labute approximate surface area is 388 Å². The van der Waals surface area contributed by atoms with E-state index in [4.69, 9.17) is 0 Å². The molecule has 62 heavy (non-hydrogen) atoms. The van der Waals surface area contributed by atoms with Crippen molar-refractivity contribution < 1.29 is 25.2 Å². The Morgan fingerprint density at radius 1 is 0.339 bits per heavy atom. The molecular formula is C56H113NO5. The van der Waals surface area contributed by atoms with Gasteiger partial charge in [0.15, 0.2) is 0 Å². The Balaban J connectivity index is 3.55. The van der Waals surface area contributed by atoms with Gasteiger partial charge in [0, 0.05) is 0 Å². The van der Waals surface area contributed by atoms with Crippen molar-refractivity contribution in [3.63, 3.8) is 0 Å². The van der Waals surface area contributed by atoms with E-state index in [1.807, 2.05) is 0 Å². The second-order valence-corrected chi connectivity index (χ2v) is 20.0. The smallest absolute Gasteiger partial charge is 0.249 e. The molecule has 0 aromatic rings. The molecule has 6 heteroatoms. The molecule has 0 heterocycles. The minimum atomic E-state index is -1.25. The fourth-order valence-electron chi connectivity index (χ4n) is 9.35. The summed E-state index contributed by atoms with van der Waals surface area (Å²) in [5, 5.41) is 44.0. The van der Waals surface area contributed by atoms with Crippen LogP contribution in [0.3, 0.4) is 0 Å². The standard InChI is InChI=1S/C56H113NO5/c1-3-5-7-9-11-13-15-17-19-21-22-23-24-25-26-27-28-29-30-31-32-34-36-38-40-42-44-46-48-50-54(60)56(62)57-52(51-58)55(61)53(59)49-47-45-43-41-39-37-35-33-20-18-16-14-12-10-8-6-4-2/h52-55,58-61H,3-51H2,1-2H3,(H,57,62). The SMILES string of the molecule is CCCCCCCCCCCCCCCCCCCCCCCCCCCCCCCC(O)C(=O)NC(CO)C(O)C(O)CCCCCCCCCCCCCCCCCCC. The first-order chi connectivity index (χ1) is 30.5. The Kier molecular flexibility index (Phi) is 50.7. The third kappa shape index (κ3) is 44.5. The summed E-state index contributed by atoms with van der Waals surface area (Å²) in [5.41, 5.74) is 0. The first-order valence-corrected chi connectivity index (χ1v) is 28.4. The highest BCUT2D eigenvalue weighted by Gasteiger charge is 2.28. The van der Waals surface area contributed by atoms with E-state index in [-0.39, 0.29) is 0 Å². The average molecular weight is 881 g/mol. The van der Waals surface area contributed by atoms with Gasteiger partial charge >= 0.3 is 0 Å². The Morgan fingerprint density at radius 3 is 0.774 bits per heavy atom. The van der Waals surface area contributed by atoms with Gasteiger partial charge in [-0.1, -0.05) is 309 Å². The zero-order chi connectivity index (χ0) is 45.2. The van der Waals surface area contributed by atoms with Crippen molar-refractivity contribution in [2.75, 3.05) is 6.61 Å². The summed E-state index contributed by atoms with van der Waals surface area (Å²) in [7, 11) is 0. The van der Waals surface area contributed by atoms with E-state index in [0.29, 0.717) is 12.8 Å². The van der Waals surface area contributed by atoms with E-state index in [2.05, 4.69) is 19.2 Å². The summed E-state index contributed by atoms with van der Waals surface area (Å²) in [6, 6.07) is -0.980. The van der Waals surface area contributed by atoms with Gasteiger partial charge in [-0.05, 0) is 12.8 Å². The van der Waals surface area contributed by atoms with Gasteiger partial charge in [-0.2, -0.15) is 0 Å². The molecule has 6 nitrogen and oxygen atoms in total. The number of aliphatic hydroxyl groups is 4. The molecule has 5 N–H and O–H groups in total. The Morgan fingerprint density at radius 2 is 0.548 bits per heavy atom. The first-order valence-electron chi connectivity index (χ1n) is 28.4. The topological polar surface area (TPSA) is 110 Å². The van der Waals surface area contributed by atoms with Crippen LogP contribution in [0.2, 0.25) is 0 Å². The number of carbonyl (C=O) groups excluding carboxylic acids is 1. The summed E-state index contributed by atoms with van der Waals surface area (Å²) in [6.07, 6.45) is 58.9. The molecule has 4 atom stereocenters. The highest BCUT2D eigenvalue weighted by atomic mass is 16.3. The van der Waals surface area contributed by atoms with Gasteiger partial charge < -0.3 is 25.7 Å². The molecule has 0 aliphatic carbocycles. The van der Waals surface area contributed by atoms with Crippen LogP contribution in [0.25, 0.3) is 0 Å². The minimum absolute atomic E-state index is 0.376. The number of hydrogen-bond acceptors (Lipinski definition) is 5. The molecule has 0 aliphatic rings. The van der Waals surface area contributed by atoms with E-state index in [9.17, 15) is 25.2 Å². The molecule has 0 aromatic heterocycles. The van der Waals surface area contributed by atoms with Gasteiger partial charge in [0.1, 0.15) is 12.2 Å². The molecule has 4 unspecified atom stereocenters. The normalized spacial score (nSPS) is 13.7.